The van der Waals surface area contributed by atoms with Gasteiger partial charge in [0.1, 0.15) is 17.5 Å². The number of nitrogens with one attached hydrogen (secondary N) is 1. The zero-order valence-electron chi connectivity index (χ0n) is 9.47. The van der Waals surface area contributed by atoms with Crippen molar-refractivity contribution < 1.29 is 8.78 Å². The average Bonchev–Trinajstić information content (AvgIpc) is 2.31. The minimum atomic E-state index is -0.570. The van der Waals surface area contributed by atoms with Crippen LogP contribution in [0.5, 0.6) is 0 Å². The predicted molar refractivity (Wildman–Crippen MR) is 70.7 cm³/mol. The molecule has 18 heavy (non-hydrogen) atoms. The molecule has 0 atom stereocenters. The molecule has 3 nitrogen and oxygen atoms in total. The van der Waals surface area contributed by atoms with E-state index in [1.807, 2.05) is 0 Å². The van der Waals surface area contributed by atoms with Gasteiger partial charge in [-0.05, 0) is 40.5 Å². The first kappa shape index (κ1) is 12.8. The third-order valence-electron chi connectivity index (χ3n) is 2.42. The predicted octanol–water partition coefficient (Wildman–Crippen LogP) is 3.76. The maximum atomic E-state index is 13.6. The summed E-state index contributed by atoms with van der Waals surface area (Å²) in [5.74, 6) is -0.715. The molecule has 2 aromatic rings. The van der Waals surface area contributed by atoms with Crippen LogP contribution in [0.4, 0.5) is 26.0 Å². The molecule has 0 aliphatic carbocycles. The van der Waals surface area contributed by atoms with Crippen LogP contribution in [0, 0.1) is 18.6 Å². The largest absolute Gasteiger partial charge is 0.397 e. The Bertz CT molecular complexity index is 602. The number of anilines is 3. The van der Waals surface area contributed by atoms with Crippen LogP contribution in [0.1, 0.15) is 5.56 Å². The van der Waals surface area contributed by atoms with Gasteiger partial charge in [0.2, 0.25) is 0 Å². The molecule has 0 fully saturated rings. The molecule has 2 rings (SSSR count). The van der Waals surface area contributed by atoms with Crippen molar-refractivity contribution in [3.05, 3.63) is 46.1 Å². The van der Waals surface area contributed by atoms with Crippen LogP contribution in [-0.4, -0.2) is 4.98 Å². The topological polar surface area (TPSA) is 50.9 Å². The molecule has 0 aliphatic rings. The second-order valence-electron chi connectivity index (χ2n) is 3.80. The Morgan fingerprint density at radius 2 is 1.94 bits per heavy atom. The molecule has 6 heteroatoms. The first-order valence-corrected chi connectivity index (χ1v) is 5.90. The lowest BCUT2D eigenvalue weighted by Gasteiger charge is -2.09. The number of rotatable bonds is 2. The highest BCUT2D eigenvalue weighted by Gasteiger charge is 2.09. The Balaban J connectivity index is 2.34. The zero-order valence-corrected chi connectivity index (χ0v) is 11.1. The highest BCUT2D eigenvalue weighted by Crippen LogP contribution is 2.26. The number of nitrogens with two attached hydrogens (primary N) is 1. The van der Waals surface area contributed by atoms with Crippen molar-refractivity contribution in [1.29, 1.82) is 0 Å². The molecule has 3 N–H and O–H groups in total. The minimum absolute atomic E-state index is 0.0207. The van der Waals surface area contributed by atoms with E-state index in [1.54, 1.807) is 13.0 Å². The number of hydrogen-bond donors (Lipinski definition) is 2. The number of nitrogens with zero attached hydrogens (tertiary/aromatic N) is 1. The number of hydrogen-bond acceptors (Lipinski definition) is 3. The molecular weight excluding hydrogens is 304 g/mol. The number of benzene rings is 1. The summed E-state index contributed by atoms with van der Waals surface area (Å²) in [6.07, 6.45) is 1.46. The molecule has 0 spiro atoms. The van der Waals surface area contributed by atoms with Gasteiger partial charge in [0.15, 0.2) is 0 Å². The summed E-state index contributed by atoms with van der Waals surface area (Å²) in [5, 5.41) is 2.71. The summed E-state index contributed by atoms with van der Waals surface area (Å²) in [5.41, 5.74) is 7.00. The summed E-state index contributed by atoms with van der Waals surface area (Å²) < 4.78 is 27.0. The van der Waals surface area contributed by atoms with Crippen LogP contribution >= 0.6 is 15.9 Å². The van der Waals surface area contributed by atoms with Crippen molar-refractivity contribution in [2.45, 2.75) is 6.92 Å². The zero-order chi connectivity index (χ0) is 13.3. The van der Waals surface area contributed by atoms with Crippen LogP contribution in [-0.2, 0) is 0 Å². The molecular formula is C12H10BrF2N3. The van der Waals surface area contributed by atoms with Gasteiger partial charge in [-0.15, -0.1) is 0 Å². The second kappa shape index (κ2) is 4.89. The fraction of sp³-hybridized carbons (Fsp3) is 0.0833. The van der Waals surface area contributed by atoms with Crippen LogP contribution in [0.3, 0.4) is 0 Å². The highest BCUT2D eigenvalue weighted by molar-refractivity contribution is 9.10. The summed E-state index contributed by atoms with van der Waals surface area (Å²) in [6, 6.07) is 3.78. The molecule has 0 saturated carbocycles. The Labute approximate surface area is 111 Å². The number of aryl methyl sites for hydroxylation is 1. The van der Waals surface area contributed by atoms with Crippen molar-refractivity contribution in [3.8, 4) is 0 Å². The van der Waals surface area contributed by atoms with E-state index in [1.165, 1.54) is 6.20 Å². The van der Waals surface area contributed by atoms with Gasteiger partial charge in [-0.2, -0.15) is 0 Å². The molecule has 1 aromatic heterocycles. The molecule has 0 amide bonds. The molecule has 1 aromatic carbocycles. The Hall–Kier alpha value is -1.69. The number of nitrogen functional groups attached to an aromatic ring is 1. The van der Waals surface area contributed by atoms with E-state index >= 15 is 0 Å². The maximum absolute atomic E-state index is 13.6. The third-order valence-corrected chi connectivity index (χ3v) is 3.03. The lowest BCUT2D eigenvalue weighted by atomic mass is 10.2. The highest BCUT2D eigenvalue weighted by atomic mass is 79.9. The van der Waals surface area contributed by atoms with E-state index in [-0.39, 0.29) is 10.2 Å². The molecule has 0 bridgehead atoms. The summed E-state index contributed by atoms with van der Waals surface area (Å²) in [7, 11) is 0. The Kier molecular flexibility index (Phi) is 3.47. The lowest BCUT2D eigenvalue weighted by molar-refractivity contribution is 0.598. The smallest absolute Gasteiger partial charge is 0.148 e. The Morgan fingerprint density at radius 1 is 1.22 bits per heavy atom. The van der Waals surface area contributed by atoms with E-state index in [0.717, 1.165) is 17.7 Å². The molecule has 0 saturated heterocycles. The maximum Gasteiger partial charge on any atom is 0.148 e. The van der Waals surface area contributed by atoms with Gasteiger partial charge in [-0.1, -0.05) is 0 Å². The van der Waals surface area contributed by atoms with Gasteiger partial charge in [0, 0.05) is 6.07 Å². The fourth-order valence-corrected chi connectivity index (χ4v) is 1.71. The van der Waals surface area contributed by atoms with Crippen LogP contribution in [0.25, 0.3) is 0 Å². The molecule has 1 heterocycles. The summed E-state index contributed by atoms with van der Waals surface area (Å²) in [4.78, 5) is 3.99. The Morgan fingerprint density at radius 3 is 2.61 bits per heavy atom. The van der Waals surface area contributed by atoms with Gasteiger partial charge in [-0.3, -0.25) is 0 Å². The van der Waals surface area contributed by atoms with E-state index in [9.17, 15) is 8.78 Å². The van der Waals surface area contributed by atoms with Crippen molar-refractivity contribution in [2.24, 2.45) is 0 Å². The number of halogens is 3. The summed E-state index contributed by atoms with van der Waals surface area (Å²) in [6.45, 7) is 1.81. The lowest BCUT2D eigenvalue weighted by Crippen LogP contribution is -1.99. The normalized spacial score (nSPS) is 10.4. The van der Waals surface area contributed by atoms with E-state index in [0.29, 0.717) is 11.5 Å². The SMILES string of the molecule is Cc1cc(Nc2cc(F)c(Br)cc2F)ncc1N. The van der Waals surface area contributed by atoms with E-state index in [2.05, 4.69) is 26.2 Å². The van der Waals surface area contributed by atoms with Gasteiger partial charge in [-0.25, -0.2) is 13.8 Å². The van der Waals surface area contributed by atoms with Crippen LogP contribution in [0.15, 0.2) is 28.9 Å². The van der Waals surface area contributed by atoms with E-state index < -0.39 is 11.6 Å². The van der Waals surface area contributed by atoms with E-state index in [4.69, 9.17) is 5.73 Å². The van der Waals surface area contributed by atoms with Gasteiger partial charge in [0.05, 0.1) is 22.0 Å². The first-order chi connectivity index (χ1) is 8.47. The van der Waals surface area contributed by atoms with Crippen molar-refractivity contribution >= 4 is 33.1 Å². The van der Waals surface area contributed by atoms with Gasteiger partial charge >= 0.3 is 0 Å². The average molecular weight is 314 g/mol. The van der Waals surface area contributed by atoms with Gasteiger partial charge in [0.25, 0.3) is 0 Å². The minimum Gasteiger partial charge on any atom is -0.397 e. The first-order valence-electron chi connectivity index (χ1n) is 5.11. The van der Waals surface area contributed by atoms with Crippen molar-refractivity contribution in [2.75, 3.05) is 11.1 Å². The third kappa shape index (κ3) is 2.59. The van der Waals surface area contributed by atoms with Crippen molar-refractivity contribution in [3.63, 3.8) is 0 Å². The number of pyridine rings is 1. The summed E-state index contributed by atoms with van der Waals surface area (Å²) >= 11 is 2.91. The molecule has 0 aliphatic heterocycles. The molecule has 0 unspecified atom stereocenters. The standard InChI is InChI=1S/C12H10BrF2N3/c1-6-2-12(17-5-10(6)16)18-11-4-8(14)7(13)3-9(11)15/h2-5H,16H2,1H3,(H,17,18). The number of aromatic nitrogens is 1. The van der Waals surface area contributed by atoms with Crippen LogP contribution < -0.4 is 11.1 Å². The molecule has 94 valence electrons. The monoisotopic (exact) mass is 313 g/mol. The van der Waals surface area contributed by atoms with Crippen LogP contribution in [0.2, 0.25) is 0 Å². The molecule has 0 radical (unpaired) electrons. The second-order valence-corrected chi connectivity index (χ2v) is 4.65. The van der Waals surface area contributed by atoms with Gasteiger partial charge < -0.3 is 11.1 Å². The quantitative estimate of drug-likeness (QED) is 0.830. The van der Waals surface area contributed by atoms with Crippen molar-refractivity contribution in [1.82, 2.24) is 4.98 Å². The fourth-order valence-electron chi connectivity index (χ4n) is 1.39.